The molecule has 3 nitrogen and oxygen atoms in total. The van der Waals surface area contributed by atoms with Crippen molar-refractivity contribution in [3.8, 4) is 5.75 Å². The molecule has 0 amide bonds. The first-order chi connectivity index (χ1) is 8.90. The van der Waals surface area contributed by atoms with E-state index in [1.54, 1.807) is 0 Å². The summed E-state index contributed by atoms with van der Waals surface area (Å²) in [5.74, 6) is 0.934. The molecule has 1 saturated heterocycles. The molecule has 0 radical (unpaired) electrons. The smallest absolute Gasteiger partial charge is 0.119 e. The highest BCUT2D eigenvalue weighted by Gasteiger charge is 2.23. The van der Waals surface area contributed by atoms with Crippen molar-refractivity contribution in [3.63, 3.8) is 0 Å². The van der Waals surface area contributed by atoms with E-state index in [1.807, 2.05) is 12.1 Å². The second-order valence-corrected chi connectivity index (χ2v) is 5.08. The molecule has 2 fully saturated rings. The summed E-state index contributed by atoms with van der Waals surface area (Å²) in [6.07, 6.45) is 5.61. The van der Waals surface area contributed by atoms with Gasteiger partial charge in [0.1, 0.15) is 18.5 Å². The number of ether oxygens (including phenoxy) is 3. The summed E-state index contributed by atoms with van der Waals surface area (Å²) in [5.41, 5.74) is 1.35. The van der Waals surface area contributed by atoms with Gasteiger partial charge in [0, 0.05) is 6.61 Å². The molecule has 1 aliphatic heterocycles. The topological polar surface area (TPSA) is 31.0 Å². The maximum Gasteiger partial charge on any atom is 0.119 e. The minimum Gasteiger partial charge on any atom is -0.491 e. The summed E-state index contributed by atoms with van der Waals surface area (Å²) < 4.78 is 16.3. The van der Waals surface area contributed by atoms with E-state index in [2.05, 4.69) is 12.1 Å². The van der Waals surface area contributed by atoms with Crippen LogP contribution in [0.4, 0.5) is 0 Å². The van der Waals surface area contributed by atoms with Crippen LogP contribution in [0, 0.1) is 0 Å². The quantitative estimate of drug-likeness (QED) is 0.523. The van der Waals surface area contributed by atoms with Gasteiger partial charge in [0.25, 0.3) is 0 Å². The van der Waals surface area contributed by atoms with Crippen LogP contribution in [0.25, 0.3) is 0 Å². The minimum atomic E-state index is 0.323. The molecule has 3 rings (SSSR count). The Balaban J connectivity index is 1.35. The Hall–Kier alpha value is -1.06. The van der Waals surface area contributed by atoms with E-state index in [4.69, 9.17) is 14.2 Å². The Morgan fingerprint density at radius 2 is 1.94 bits per heavy atom. The van der Waals surface area contributed by atoms with Crippen molar-refractivity contribution in [1.82, 2.24) is 0 Å². The minimum absolute atomic E-state index is 0.323. The number of benzene rings is 1. The molecule has 98 valence electrons. The van der Waals surface area contributed by atoms with Crippen molar-refractivity contribution >= 4 is 0 Å². The van der Waals surface area contributed by atoms with E-state index in [0.29, 0.717) is 18.8 Å². The van der Waals surface area contributed by atoms with Crippen LogP contribution in [-0.2, 0) is 15.9 Å². The summed E-state index contributed by atoms with van der Waals surface area (Å²) in [7, 11) is 0. The second-order valence-electron chi connectivity index (χ2n) is 5.08. The van der Waals surface area contributed by atoms with E-state index < -0.39 is 0 Å². The van der Waals surface area contributed by atoms with Crippen molar-refractivity contribution in [2.24, 2.45) is 0 Å². The summed E-state index contributed by atoms with van der Waals surface area (Å²) >= 11 is 0. The van der Waals surface area contributed by atoms with Gasteiger partial charge in [-0.1, -0.05) is 12.1 Å². The first kappa shape index (κ1) is 12.0. The molecule has 0 bridgehead atoms. The summed E-state index contributed by atoms with van der Waals surface area (Å²) in [4.78, 5) is 0. The molecule has 18 heavy (non-hydrogen) atoms. The van der Waals surface area contributed by atoms with E-state index in [1.165, 1.54) is 18.4 Å². The van der Waals surface area contributed by atoms with Crippen LogP contribution >= 0.6 is 0 Å². The third kappa shape index (κ3) is 4.00. The van der Waals surface area contributed by atoms with Crippen molar-refractivity contribution in [2.75, 3.05) is 19.8 Å². The van der Waals surface area contributed by atoms with Crippen LogP contribution in [0.5, 0.6) is 5.75 Å². The lowest BCUT2D eigenvalue weighted by atomic mass is 10.1. The molecule has 1 aromatic rings. The number of epoxide rings is 1. The van der Waals surface area contributed by atoms with E-state index >= 15 is 0 Å². The Bertz CT molecular complexity index is 366. The monoisotopic (exact) mass is 248 g/mol. The molecule has 0 N–H and O–H groups in total. The molecular weight excluding hydrogens is 228 g/mol. The average molecular weight is 248 g/mol. The molecule has 1 heterocycles. The average Bonchev–Trinajstić information content (AvgIpc) is 3.28. The van der Waals surface area contributed by atoms with Gasteiger partial charge in [-0.15, -0.1) is 0 Å². The zero-order valence-electron chi connectivity index (χ0n) is 10.6. The first-order valence-electron chi connectivity index (χ1n) is 6.85. The maximum absolute atomic E-state index is 5.63. The fourth-order valence-electron chi connectivity index (χ4n) is 1.87. The summed E-state index contributed by atoms with van der Waals surface area (Å²) in [6.45, 7) is 2.41. The number of rotatable bonds is 8. The van der Waals surface area contributed by atoms with E-state index in [9.17, 15) is 0 Å². The molecule has 3 heteroatoms. The normalized spacial score (nSPS) is 21.9. The van der Waals surface area contributed by atoms with Gasteiger partial charge in [-0.05, 0) is 43.4 Å². The fourth-order valence-corrected chi connectivity index (χ4v) is 1.87. The predicted octanol–water partition coefficient (Wildman–Crippen LogP) is 2.58. The molecule has 1 aliphatic carbocycles. The Labute approximate surface area is 108 Å². The van der Waals surface area contributed by atoms with Gasteiger partial charge >= 0.3 is 0 Å². The van der Waals surface area contributed by atoms with Crippen LogP contribution in [-0.4, -0.2) is 32.0 Å². The third-order valence-corrected chi connectivity index (χ3v) is 3.25. The first-order valence-corrected chi connectivity index (χ1v) is 6.85. The molecule has 1 saturated carbocycles. The van der Waals surface area contributed by atoms with Crippen molar-refractivity contribution in [1.29, 1.82) is 0 Å². The van der Waals surface area contributed by atoms with Crippen LogP contribution in [0.3, 0.4) is 0 Å². The largest absolute Gasteiger partial charge is 0.491 e. The van der Waals surface area contributed by atoms with Gasteiger partial charge in [0.15, 0.2) is 0 Å². The molecule has 0 unspecified atom stereocenters. The van der Waals surface area contributed by atoms with Crippen molar-refractivity contribution < 1.29 is 14.2 Å². The van der Waals surface area contributed by atoms with Crippen molar-refractivity contribution in [2.45, 2.75) is 37.9 Å². The van der Waals surface area contributed by atoms with E-state index in [0.717, 1.165) is 31.8 Å². The Morgan fingerprint density at radius 3 is 2.61 bits per heavy atom. The second kappa shape index (κ2) is 5.72. The van der Waals surface area contributed by atoms with Crippen molar-refractivity contribution in [3.05, 3.63) is 29.8 Å². The predicted molar refractivity (Wildman–Crippen MR) is 69.0 cm³/mol. The third-order valence-electron chi connectivity index (χ3n) is 3.25. The van der Waals surface area contributed by atoms with Gasteiger partial charge in [-0.3, -0.25) is 0 Å². The highest BCUT2D eigenvalue weighted by molar-refractivity contribution is 5.27. The van der Waals surface area contributed by atoms with Crippen LogP contribution in [0.2, 0.25) is 0 Å². The Kier molecular flexibility index (Phi) is 3.81. The number of hydrogen-bond acceptors (Lipinski definition) is 3. The zero-order valence-corrected chi connectivity index (χ0v) is 10.6. The zero-order chi connectivity index (χ0) is 12.2. The van der Waals surface area contributed by atoms with Gasteiger partial charge in [0.05, 0.1) is 12.7 Å². The van der Waals surface area contributed by atoms with Gasteiger partial charge < -0.3 is 14.2 Å². The molecule has 0 spiro atoms. The highest BCUT2D eigenvalue weighted by atomic mass is 16.6. The van der Waals surface area contributed by atoms with Gasteiger partial charge in [-0.25, -0.2) is 0 Å². The lowest BCUT2D eigenvalue weighted by molar-refractivity contribution is 0.117. The molecule has 0 aromatic heterocycles. The SMILES string of the molecule is c1cc(OC[C@@H]2CO2)ccc1CCCOC1CC1. The maximum atomic E-state index is 5.63. The number of aryl methyl sites for hydroxylation is 1. The number of hydrogen-bond donors (Lipinski definition) is 0. The van der Waals surface area contributed by atoms with Gasteiger partial charge in [-0.2, -0.15) is 0 Å². The van der Waals surface area contributed by atoms with E-state index in [-0.39, 0.29) is 0 Å². The lowest BCUT2D eigenvalue weighted by Crippen LogP contribution is -2.04. The van der Waals surface area contributed by atoms with Crippen LogP contribution in [0.1, 0.15) is 24.8 Å². The lowest BCUT2D eigenvalue weighted by Gasteiger charge is -2.06. The fraction of sp³-hybridized carbons (Fsp3) is 0.600. The molecule has 1 aromatic carbocycles. The molecule has 2 aliphatic rings. The molecule has 1 atom stereocenters. The standard InChI is InChI=1S/C15H20O3/c1(9-16-13-7-8-13)2-12-3-5-14(6-4-12)17-10-15-11-18-15/h3-6,13,15H,1-2,7-11H2/t15-/m1/s1. The molecular formula is C15H20O3. The van der Waals surface area contributed by atoms with Gasteiger partial charge in [0.2, 0.25) is 0 Å². The summed E-state index contributed by atoms with van der Waals surface area (Å²) in [5, 5.41) is 0. The summed E-state index contributed by atoms with van der Waals surface area (Å²) in [6, 6.07) is 8.36. The van der Waals surface area contributed by atoms with Crippen LogP contribution < -0.4 is 4.74 Å². The van der Waals surface area contributed by atoms with Crippen LogP contribution in [0.15, 0.2) is 24.3 Å². The highest BCUT2D eigenvalue weighted by Crippen LogP contribution is 2.23. The Morgan fingerprint density at radius 1 is 1.17 bits per heavy atom.